The molecule has 1 saturated carbocycles. The van der Waals surface area contributed by atoms with E-state index in [4.69, 9.17) is 5.73 Å². The van der Waals surface area contributed by atoms with E-state index in [1.54, 1.807) is 0 Å². The number of halogens is 1. The number of anilines is 1. The summed E-state index contributed by atoms with van der Waals surface area (Å²) in [6, 6.07) is 5.69. The summed E-state index contributed by atoms with van der Waals surface area (Å²) in [4.78, 5) is 0. The number of nitrogens with two attached hydrogens (primary N) is 1. The molecule has 3 rings (SSSR count). The van der Waals surface area contributed by atoms with Gasteiger partial charge in [-0.05, 0) is 57.4 Å². The smallest absolute Gasteiger partial charge is 0.159 e. The Balaban J connectivity index is 1.99. The first-order chi connectivity index (χ1) is 9.25. The molecule has 0 radical (unpaired) electrons. The highest BCUT2D eigenvalue weighted by atomic mass is 79.9. The minimum Gasteiger partial charge on any atom is -0.399 e. The van der Waals surface area contributed by atoms with Crippen LogP contribution in [0.15, 0.2) is 22.7 Å². The van der Waals surface area contributed by atoms with E-state index < -0.39 is 0 Å². The molecule has 0 spiro atoms. The minimum atomic E-state index is 0.466. The maximum absolute atomic E-state index is 5.77. The fourth-order valence-corrected chi connectivity index (χ4v) is 3.24. The van der Waals surface area contributed by atoms with Gasteiger partial charge in [-0.2, -0.15) is 4.68 Å². The summed E-state index contributed by atoms with van der Waals surface area (Å²) in [5.41, 5.74) is 7.44. The summed E-state index contributed by atoms with van der Waals surface area (Å²) < 4.78 is 2.75. The molecule has 0 bridgehead atoms. The lowest BCUT2D eigenvalue weighted by Gasteiger charge is -2.20. The van der Waals surface area contributed by atoms with Crippen molar-refractivity contribution in [3.63, 3.8) is 0 Å². The summed E-state index contributed by atoms with van der Waals surface area (Å²) in [6.45, 7) is 0. The van der Waals surface area contributed by atoms with Gasteiger partial charge in [0.15, 0.2) is 5.82 Å². The standard InChI is InChI=1S/C13H16BrN5/c14-11-8-10(15)6-7-12(11)19-13(16-17-18-19)9-4-2-1-3-5-9/h6-9H,1-5,15H2. The second-order valence-corrected chi connectivity index (χ2v) is 5.85. The van der Waals surface area contributed by atoms with Crippen molar-refractivity contribution < 1.29 is 0 Å². The van der Waals surface area contributed by atoms with Gasteiger partial charge in [0.1, 0.15) is 0 Å². The Bertz CT molecular complexity index is 574. The van der Waals surface area contributed by atoms with Gasteiger partial charge in [-0.15, -0.1) is 5.10 Å². The van der Waals surface area contributed by atoms with Gasteiger partial charge in [0.2, 0.25) is 0 Å². The van der Waals surface area contributed by atoms with Crippen LogP contribution in [0.5, 0.6) is 0 Å². The van der Waals surface area contributed by atoms with Crippen molar-refractivity contribution >= 4 is 21.6 Å². The predicted octanol–water partition coefficient (Wildman–Crippen LogP) is 3.05. The highest BCUT2D eigenvalue weighted by Crippen LogP contribution is 2.33. The van der Waals surface area contributed by atoms with E-state index in [0.717, 1.165) is 21.7 Å². The average molecular weight is 322 g/mol. The molecule has 0 unspecified atom stereocenters. The van der Waals surface area contributed by atoms with E-state index in [-0.39, 0.29) is 0 Å². The van der Waals surface area contributed by atoms with Crippen molar-refractivity contribution in [1.82, 2.24) is 20.2 Å². The van der Waals surface area contributed by atoms with Crippen LogP contribution in [-0.4, -0.2) is 20.2 Å². The predicted molar refractivity (Wildman–Crippen MR) is 77.1 cm³/mol. The lowest BCUT2D eigenvalue weighted by molar-refractivity contribution is 0.422. The molecule has 0 atom stereocenters. The number of nitrogens with zero attached hydrogens (tertiary/aromatic N) is 4. The van der Waals surface area contributed by atoms with E-state index in [0.29, 0.717) is 5.92 Å². The molecule has 1 aromatic heterocycles. The first kappa shape index (κ1) is 12.6. The van der Waals surface area contributed by atoms with Gasteiger partial charge in [0.25, 0.3) is 0 Å². The van der Waals surface area contributed by atoms with Crippen LogP contribution in [-0.2, 0) is 0 Å². The zero-order chi connectivity index (χ0) is 13.2. The molecule has 19 heavy (non-hydrogen) atoms. The SMILES string of the molecule is Nc1ccc(-n2nnnc2C2CCCCC2)c(Br)c1. The molecular weight excluding hydrogens is 306 g/mol. The number of nitrogen functional groups attached to an aromatic ring is 1. The highest BCUT2D eigenvalue weighted by Gasteiger charge is 2.23. The van der Waals surface area contributed by atoms with Gasteiger partial charge in [-0.1, -0.05) is 19.3 Å². The van der Waals surface area contributed by atoms with E-state index in [2.05, 4.69) is 31.5 Å². The third-order valence-electron chi connectivity index (χ3n) is 3.66. The Morgan fingerprint density at radius 2 is 2.00 bits per heavy atom. The summed E-state index contributed by atoms with van der Waals surface area (Å²) in [7, 11) is 0. The second kappa shape index (κ2) is 5.28. The Morgan fingerprint density at radius 3 is 2.74 bits per heavy atom. The van der Waals surface area contributed by atoms with Crippen molar-refractivity contribution in [1.29, 1.82) is 0 Å². The molecule has 100 valence electrons. The number of aromatic nitrogens is 4. The van der Waals surface area contributed by atoms with E-state index in [1.807, 2.05) is 22.9 Å². The molecule has 1 fully saturated rings. The number of benzene rings is 1. The topological polar surface area (TPSA) is 69.6 Å². The number of hydrogen-bond donors (Lipinski definition) is 1. The molecule has 1 heterocycles. The number of hydrogen-bond acceptors (Lipinski definition) is 4. The average Bonchev–Trinajstić information content (AvgIpc) is 2.89. The lowest BCUT2D eigenvalue weighted by atomic mass is 9.89. The number of tetrazole rings is 1. The Morgan fingerprint density at radius 1 is 1.21 bits per heavy atom. The normalized spacial score (nSPS) is 16.7. The second-order valence-electron chi connectivity index (χ2n) is 4.99. The van der Waals surface area contributed by atoms with Gasteiger partial charge < -0.3 is 5.73 Å². The molecular formula is C13H16BrN5. The molecule has 1 aliphatic carbocycles. The maximum Gasteiger partial charge on any atom is 0.159 e. The first-order valence-electron chi connectivity index (χ1n) is 6.59. The van der Waals surface area contributed by atoms with Crippen LogP contribution in [0.4, 0.5) is 5.69 Å². The van der Waals surface area contributed by atoms with Crippen molar-refractivity contribution in [2.45, 2.75) is 38.0 Å². The fourth-order valence-electron chi connectivity index (χ4n) is 2.68. The van der Waals surface area contributed by atoms with Gasteiger partial charge >= 0.3 is 0 Å². The van der Waals surface area contributed by atoms with Crippen LogP contribution < -0.4 is 5.73 Å². The molecule has 2 aromatic rings. The summed E-state index contributed by atoms with van der Waals surface area (Å²) in [5.74, 6) is 1.43. The van der Waals surface area contributed by atoms with Crippen molar-refractivity contribution in [3.8, 4) is 5.69 Å². The van der Waals surface area contributed by atoms with Crippen LogP contribution >= 0.6 is 15.9 Å². The summed E-state index contributed by atoms with van der Waals surface area (Å²) in [6.07, 6.45) is 6.20. The zero-order valence-electron chi connectivity index (χ0n) is 10.6. The molecule has 5 nitrogen and oxygen atoms in total. The largest absolute Gasteiger partial charge is 0.399 e. The van der Waals surface area contributed by atoms with Crippen molar-refractivity contribution in [3.05, 3.63) is 28.5 Å². The van der Waals surface area contributed by atoms with Gasteiger partial charge in [0, 0.05) is 16.1 Å². The quantitative estimate of drug-likeness (QED) is 0.863. The van der Waals surface area contributed by atoms with Gasteiger partial charge in [0.05, 0.1) is 5.69 Å². The van der Waals surface area contributed by atoms with Crippen LogP contribution in [0, 0.1) is 0 Å². The van der Waals surface area contributed by atoms with Crippen molar-refractivity contribution in [2.24, 2.45) is 0 Å². The van der Waals surface area contributed by atoms with Crippen LogP contribution in [0.3, 0.4) is 0 Å². The Labute approximate surface area is 120 Å². The molecule has 1 aromatic carbocycles. The monoisotopic (exact) mass is 321 g/mol. The molecule has 2 N–H and O–H groups in total. The molecule has 1 aliphatic rings. The lowest BCUT2D eigenvalue weighted by Crippen LogP contribution is -2.12. The third-order valence-corrected chi connectivity index (χ3v) is 4.30. The Hall–Kier alpha value is -1.43. The minimum absolute atomic E-state index is 0.466. The van der Waals surface area contributed by atoms with Crippen LogP contribution in [0.2, 0.25) is 0 Å². The van der Waals surface area contributed by atoms with E-state index in [9.17, 15) is 0 Å². The fraction of sp³-hybridized carbons (Fsp3) is 0.462. The van der Waals surface area contributed by atoms with Gasteiger partial charge in [-0.25, -0.2) is 0 Å². The highest BCUT2D eigenvalue weighted by molar-refractivity contribution is 9.10. The molecule has 0 amide bonds. The molecule has 6 heteroatoms. The molecule has 0 saturated heterocycles. The third kappa shape index (κ3) is 2.49. The molecule has 0 aliphatic heterocycles. The first-order valence-corrected chi connectivity index (χ1v) is 7.38. The van der Waals surface area contributed by atoms with Gasteiger partial charge in [-0.3, -0.25) is 0 Å². The van der Waals surface area contributed by atoms with Crippen LogP contribution in [0.1, 0.15) is 43.8 Å². The summed E-state index contributed by atoms with van der Waals surface area (Å²) >= 11 is 3.53. The van der Waals surface area contributed by atoms with Crippen molar-refractivity contribution in [2.75, 3.05) is 5.73 Å². The van der Waals surface area contributed by atoms with E-state index in [1.165, 1.54) is 32.1 Å². The van der Waals surface area contributed by atoms with E-state index >= 15 is 0 Å². The van der Waals surface area contributed by atoms with Crippen LogP contribution in [0.25, 0.3) is 5.69 Å². The maximum atomic E-state index is 5.77. The zero-order valence-corrected chi connectivity index (χ0v) is 12.2. The number of rotatable bonds is 2. The Kier molecular flexibility index (Phi) is 3.50. The summed E-state index contributed by atoms with van der Waals surface area (Å²) in [5, 5.41) is 12.2.